The van der Waals surface area contributed by atoms with Gasteiger partial charge < -0.3 is 10.4 Å². The highest BCUT2D eigenvalue weighted by Crippen LogP contribution is 2.25. The van der Waals surface area contributed by atoms with Crippen LogP contribution in [0.4, 0.5) is 0 Å². The number of hydrogen-bond donors (Lipinski definition) is 2. The Kier molecular flexibility index (Phi) is 4.13. The van der Waals surface area contributed by atoms with Crippen molar-refractivity contribution >= 4 is 0 Å². The number of nitrogens with one attached hydrogen (secondary N) is 1. The van der Waals surface area contributed by atoms with E-state index in [1.165, 1.54) is 5.56 Å². The summed E-state index contributed by atoms with van der Waals surface area (Å²) in [5, 5.41) is 21.4. The molecule has 1 saturated carbocycles. The molecule has 3 heteroatoms. The molecule has 3 nitrogen and oxygen atoms in total. The standard InChI is InChI=1S/C14H18N2O/c15-8-13-2-1-3-14(13)16-9-11-4-6-12(10-17)7-5-11/h4-7,13-14,16-17H,1-3,9-10H2. The summed E-state index contributed by atoms with van der Waals surface area (Å²) in [6.45, 7) is 0.890. The van der Waals surface area contributed by atoms with E-state index >= 15 is 0 Å². The smallest absolute Gasteiger partial charge is 0.0681 e. The molecule has 2 N–H and O–H groups in total. The van der Waals surface area contributed by atoms with Gasteiger partial charge in [-0.2, -0.15) is 5.26 Å². The van der Waals surface area contributed by atoms with Gasteiger partial charge in [-0.05, 0) is 24.0 Å². The fourth-order valence-corrected chi connectivity index (χ4v) is 2.37. The van der Waals surface area contributed by atoms with Gasteiger partial charge >= 0.3 is 0 Å². The molecule has 0 aliphatic heterocycles. The van der Waals surface area contributed by atoms with Gasteiger partial charge in [-0.1, -0.05) is 30.7 Å². The molecule has 0 radical (unpaired) electrons. The van der Waals surface area contributed by atoms with E-state index in [2.05, 4.69) is 11.4 Å². The molecule has 2 unspecified atom stereocenters. The molecule has 2 atom stereocenters. The van der Waals surface area contributed by atoms with Gasteiger partial charge in [0.25, 0.3) is 0 Å². The number of hydrogen-bond acceptors (Lipinski definition) is 3. The molecule has 1 aliphatic rings. The fourth-order valence-electron chi connectivity index (χ4n) is 2.37. The second-order valence-electron chi connectivity index (χ2n) is 4.63. The molecular formula is C14H18N2O. The third-order valence-corrected chi connectivity index (χ3v) is 3.46. The van der Waals surface area contributed by atoms with Crippen LogP contribution in [0.2, 0.25) is 0 Å². The molecule has 0 spiro atoms. The highest BCUT2D eigenvalue weighted by atomic mass is 16.3. The Hall–Kier alpha value is -1.37. The largest absolute Gasteiger partial charge is 0.392 e. The summed E-state index contributed by atoms with van der Waals surface area (Å²) in [5.74, 6) is 0.173. The lowest BCUT2D eigenvalue weighted by Gasteiger charge is -2.15. The van der Waals surface area contributed by atoms with Crippen molar-refractivity contribution in [2.24, 2.45) is 5.92 Å². The van der Waals surface area contributed by atoms with Crippen LogP contribution in [0.5, 0.6) is 0 Å². The fraction of sp³-hybridized carbons (Fsp3) is 0.500. The molecule has 0 aromatic heterocycles. The SMILES string of the molecule is N#CC1CCCC1NCc1ccc(CO)cc1. The van der Waals surface area contributed by atoms with Crippen molar-refractivity contribution in [1.82, 2.24) is 5.32 Å². The van der Waals surface area contributed by atoms with Crippen LogP contribution >= 0.6 is 0 Å². The molecule has 0 amide bonds. The Morgan fingerprint density at radius 1 is 1.24 bits per heavy atom. The number of aliphatic hydroxyl groups excluding tert-OH is 1. The van der Waals surface area contributed by atoms with Crippen LogP contribution in [-0.4, -0.2) is 11.1 Å². The molecular weight excluding hydrogens is 212 g/mol. The van der Waals surface area contributed by atoms with Crippen LogP contribution in [0.3, 0.4) is 0 Å². The van der Waals surface area contributed by atoms with Crippen LogP contribution < -0.4 is 5.32 Å². The minimum atomic E-state index is 0.0901. The molecule has 1 aliphatic carbocycles. The van der Waals surface area contributed by atoms with Crippen molar-refractivity contribution in [1.29, 1.82) is 5.26 Å². The first-order valence-corrected chi connectivity index (χ1v) is 6.15. The predicted molar refractivity (Wildman–Crippen MR) is 65.9 cm³/mol. The summed E-state index contributed by atoms with van der Waals surface area (Å²) >= 11 is 0. The van der Waals surface area contributed by atoms with E-state index in [4.69, 9.17) is 10.4 Å². The van der Waals surface area contributed by atoms with Crippen LogP contribution in [0.15, 0.2) is 24.3 Å². The zero-order valence-electron chi connectivity index (χ0n) is 9.89. The van der Waals surface area contributed by atoms with Crippen molar-refractivity contribution in [2.75, 3.05) is 0 Å². The summed E-state index contributed by atoms with van der Waals surface area (Å²) in [6, 6.07) is 10.6. The molecule has 0 heterocycles. The number of rotatable bonds is 4. The molecule has 0 saturated heterocycles. The molecule has 2 rings (SSSR count). The minimum Gasteiger partial charge on any atom is -0.392 e. The van der Waals surface area contributed by atoms with E-state index in [-0.39, 0.29) is 12.5 Å². The maximum Gasteiger partial charge on any atom is 0.0681 e. The number of benzene rings is 1. The van der Waals surface area contributed by atoms with Gasteiger partial charge in [0.2, 0.25) is 0 Å². The van der Waals surface area contributed by atoms with Crippen LogP contribution in [0.1, 0.15) is 30.4 Å². The first-order valence-electron chi connectivity index (χ1n) is 6.15. The zero-order chi connectivity index (χ0) is 12.1. The Bertz CT molecular complexity index is 394. The summed E-state index contributed by atoms with van der Waals surface area (Å²) < 4.78 is 0. The summed E-state index contributed by atoms with van der Waals surface area (Å²) in [6.07, 6.45) is 3.28. The van der Waals surface area contributed by atoms with Gasteiger partial charge in [-0.3, -0.25) is 0 Å². The number of nitriles is 1. The van der Waals surface area contributed by atoms with Crippen molar-refractivity contribution in [3.63, 3.8) is 0 Å². The van der Waals surface area contributed by atoms with Gasteiger partial charge in [0.15, 0.2) is 0 Å². The average Bonchev–Trinajstić information content (AvgIpc) is 2.84. The molecule has 1 fully saturated rings. The highest BCUT2D eigenvalue weighted by Gasteiger charge is 2.26. The summed E-state index contributed by atoms with van der Waals surface area (Å²) in [5.41, 5.74) is 2.13. The molecule has 17 heavy (non-hydrogen) atoms. The molecule has 90 valence electrons. The number of aliphatic hydroxyl groups is 1. The van der Waals surface area contributed by atoms with Crippen molar-refractivity contribution < 1.29 is 5.11 Å². The average molecular weight is 230 g/mol. The van der Waals surface area contributed by atoms with Crippen LogP contribution in [-0.2, 0) is 13.2 Å². The second kappa shape index (κ2) is 5.81. The topological polar surface area (TPSA) is 56.0 Å². The van der Waals surface area contributed by atoms with Gasteiger partial charge in [0.05, 0.1) is 18.6 Å². The predicted octanol–water partition coefficient (Wildman–Crippen LogP) is 1.96. The van der Waals surface area contributed by atoms with Crippen molar-refractivity contribution in [3.05, 3.63) is 35.4 Å². The summed E-state index contributed by atoms with van der Waals surface area (Å²) in [7, 11) is 0. The van der Waals surface area contributed by atoms with Crippen molar-refractivity contribution in [3.8, 4) is 6.07 Å². The normalized spacial score (nSPS) is 23.5. The highest BCUT2D eigenvalue weighted by molar-refractivity contribution is 5.22. The van der Waals surface area contributed by atoms with Crippen LogP contribution in [0.25, 0.3) is 0 Å². The van der Waals surface area contributed by atoms with E-state index in [1.807, 2.05) is 24.3 Å². The van der Waals surface area contributed by atoms with E-state index in [1.54, 1.807) is 0 Å². The van der Waals surface area contributed by atoms with Gasteiger partial charge in [0, 0.05) is 12.6 Å². The van der Waals surface area contributed by atoms with E-state index in [0.29, 0.717) is 6.04 Å². The molecule has 1 aromatic rings. The quantitative estimate of drug-likeness (QED) is 0.831. The van der Waals surface area contributed by atoms with Crippen LogP contribution in [0, 0.1) is 17.2 Å². The number of nitrogens with zero attached hydrogens (tertiary/aromatic N) is 1. The van der Waals surface area contributed by atoms with E-state index in [0.717, 1.165) is 31.4 Å². The maximum absolute atomic E-state index is 8.98. The molecule has 1 aromatic carbocycles. The van der Waals surface area contributed by atoms with Gasteiger partial charge in [-0.15, -0.1) is 0 Å². The van der Waals surface area contributed by atoms with E-state index < -0.39 is 0 Å². The lowest BCUT2D eigenvalue weighted by Crippen LogP contribution is -2.31. The lowest BCUT2D eigenvalue weighted by molar-refractivity contribution is 0.282. The van der Waals surface area contributed by atoms with E-state index in [9.17, 15) is 0 Å². The van der Waals surface area contributed by atoms with Gasteiger partial charge in [-0.25, -0.2) is 0 Å². The molecule has 0 bridgehead atoms. The van der Waals surface area contributed by atoms with Gasteiger partial charge in [0.1, 0.15) is 0 Å². The zero-order valence-corrected chi connectivity index (χ0v) is 9.89. The monoisotopic (exact) mass is 230 g/mol. The third kappa shape index (κ3) is 3.06. The Balaban J connectivity index is 1.87. The second-order valence-corrected chi connectivity index (χ2v) is 4.63. The Labute approximate surface area is 102 Å². The first-order chi connectivity index (χ1) is 8.33. The minimum absolute atomic E-state index is 0.0901. The lowest BCUT2D eigenvalue weighted by atomic mass is 10.1. The summed E-state index contributed by atoms with van der Waals surface area (Å²) in [4.78, 5) is 0. The Morgan fingerprint density at radius 3 is 2.59 bits per heavy atom. The maximum atomic E-state index is 8.98. The first kappa shape index (κ1) is 12.1. The Morgan fingerprint density at radius 2 is 1.94 bits per heavy atom. The van der Waals surface area contributed by atoms with Crippen molar-refractivity contribution in [2.45, 2.75) is 38.5 Å². The third-order valence-electron chi connectivity index (χ3n) is 3.46.